The average molecular weight is 314 g/mol. The first-order valence-corrected chi connectivity index (χ1v) is 6.78. The third-order valence-electron chi connectivity index (χ3n) is 3.07. The van der Waals surface area contributed by atoms with Gasteiger partial charge in [-0.15, -0.1) is 0 Å². The Morgan fingerprint density at radius 3 is 2.50 bits per heavy atom. The Labute approximate surface area is 127 Å². The predicted molar refractivity (Wildman–Crippen MR) is 80.3 cm³/mol. The number of hydrogen-bond donors (Lipinski definition) is 1. The van der Waals surface area contributed by atoms with Crippen LogP contribution in [0.4, 0.5) is 4.39 Å². The van der Waals surface area contributed by atoms with E-state index in [2.05, 4.69) is 5.32 Å². The minimum absolute atomic E-state index is 0.0868. The summed E-state index contributed by atoms with van der Waals surface area (Å²) in [5.41, 5.74) is 1.70. The number of halogens is 3. The van der Waals surface area contributed by atoms with Crippen molar-refractivity contribution < 1.29 is 9.13 Å². The molecule has 1 N–H and O–H groups in total. The summed E-state index contributed by atoms with van der Waals surface area (Å²) >= 11 is 11.9. The van der Waals surface area contributed by atoms with Gasteiger partial charge >= 0.3 is 0 Å². The van der Waals surface area contributed by atoms with Gasteiger partial charge in [-0.25, -0.2) is 4.39 Å². The highest BCUT2D eigenvalue weighted by atomic mass is 35.5. The van der Waals surface area contributed by atoms with Crippen LogP contribution in [0.2, 0.25) is 10.0 Å². The Balaban J connectivity index is 2.51. The molecule has 1 unspecified atom stereocenters. The van der Waals surface area contributed by atoms with Gasteiger partial charge in [-0.2, -0.15) is 0 Å². The van der Waals surface area contributed by atoms with Gasteiger partial charge in [0.05, 0.1) is 18.2 Å². The van der Waals surface area contributed by atoms with E-state index in [0.29, 0.717) is 10.8 Å². The summed E-state index contributed by atoms with van der Waals surface area (Å²) in [5, 5.41) is 3.86. The number of nitrogens with one attached hydrogen (secondary N) is 1. The Bertz CT molecular complexity index is 619. The van der Waals surface area contributed by atoms with E-state index in [-0.39, 0.29) is 11.1 Å². The third kappa shape index (κ3) is 3.06. The second-order valence-corrected chi connectivity index (χ2v) is 5.13. The van der Waals surface area contributed by atoms with Gasteiger partial charge in [0.1, 0.15) is 11.6 Å². The standard InChI is InChI=1S/C15H14Cl2FNO/c1-19-15(9-3-5-13(18)12(17)7-9)11-8-10(16)4-6-14(11)20-2/h3-8,15,19H,1-2H3. The van der Waals surface area contributed by atoms with Gasteiger partial charge in [0, 0.05) is 10.6 Å². The molecule has 2 aromatic rings. The lowest BCUT2D eigenvalue weighted by molar-refractivity contribution is 0.405. The molecule has 1 atom stereocenters. The molecule has 0 saturated heterocycles. The Morgan fingerprint density at radius 1 is 1.15 bits per heavy atom. The second-order valence-electron chi connectivity index (χ2n) is 4.28. The van der Waals surface area contributed by atoms with E-state index in [1.165, 1.54) is 6.07 Å². The molecule has 0 aliphatic rings. The van der Waals surface area contributed by atoms with E-state index in [9.17, 15) is 4.39 Å². The first kappa shape index (κ1) is 15.1. The summed E-state index contributed by atoms with van der Waals surface area (Å²) < 4.78 is 18.6. The zero-order valence-electron chi connectivity index (χ0n) is 11.1. The number of hydrogen-bond acceptors (Lipinski definition) is 2. The molecular formula is C15H14Cl2FNO. The van der Waals surface area contributed by atoms with Gasteiger partial charge in [-0.3, -0.25) is 0 Å². The summed E-state index contributed by atoms with van der Waals surface area (Å²) in [5.74, 6) is 0.262. The topological polar surface area (TPSA) is 21.3 Å². The van der Waals surface area contributed by atoms with Crippen LogP contribution in [0.5, 0.6) is 5.75 Å². The number of methoxy groups -OCH3 is 1. The van der Waals surface area contributed by atoms with Gasteiger partial charge < -0.3 is 10.1 Å². The lowest BCUT2D eigenvalue weighted by atomic mass is 9.98. The van der Waals surface area contributed by atoms with Gasteiger partial charge in [0.25, 0.3) is 0 Å². The number of ether oxygens (including phenoxy) is 1. The molecule has 0 aromatic heterocycles. The van der Waals surface area contributed by atoms with Crippen molar-refractivity contribution >= 4 is 23.2 Å². The molecule has 0 aliphatic carbocycles. The van der Waals surface area contributed by atoms with Crippen molar-refractivity contribution in [3.05, 3.63) is 63.4 Å². The highest BCUT2D eigenvalue weighted by Gasteiger charge is 2.18. The summed E-state index contributed by atoms with van der Waals surface area (Å²) in [7, 11) is 3.40. The minimum Gasteiger partial charge on any atom is -0.496 e. The molecular weight excluding hydrogens is 300 g/mol. The third-order valence-corrected chi connectivity index (χ3v) is 3.59. The zero-order chi connectivity index (χ0) is 14.7. The molecule has 0 saturated carbocycles. The van der Waals surface area contributed by atoms with Crippen LogP contribution in [-0.2, 0) is 0 Å². The lowest BCUT2D eigenvalue weighted by Crippen LogP contribution is -2.18. The van der Waals surface area contributed by atoms with E-state index in [0.717, 1.165) is 11.1 Å². The molecule has 0 amide bonds. The van der Waals surface area contributed by atoms with Crippen LogP contribution in [0.1, 0.15) is 17.2 Å². The van der Waals surface area contributed by atoms with E-state index in [4.69, 9.17) is 27.9 Å². The van der Waals surface area contributed by atoms with Crippen molar-refractivity contribution in [3.8, 4) is 5.75 Å². The quantitative estimate of drug-likeness (QED) is 0.900. The molecule has 2 rings (SSSR count). The Morgan fingerprint density at radius 2 is 1.90 bits per heavy atom. The molecule has 0 aliphatic heterocycles. The molecule has 106 valence electrons. The normalized spacial score (nSPS) is 12.2. The van der Waals surface area contributed by atoms with Crippen molar-refractivity contribution in [2.24, 2.45) is 0 Å². The minimum atomic E-state index is -0.441. The maximum absolute atomic E-state index is 13.3. The second kappa shape index (κ2) is 6.44. The molecule has 20 heavy (non-hydrogen) atoms. The first-order valence-electron chi connectivity index (χ1n) is 6.02. The van der Waals surface area contributed by atoms with Crippen LogP contribution in [0.3, 0.4) is 0 Å². The van der Waals surface area contributed by atoms with Crippen molar-refractivity contribution in [2.75, 3.05) is 14.2 Å². The van der Waals surface area contributed by atoms with Crippen molar-refractivity contribution in [1.82, 2.24) is 5.32 Å². The predicted octanol–water partition coefficient (Wildman–Crippen LogP) is 4.45. The van der Waals surface area contributed by atoms with Gasteiger partial charge in [0.2, 0.25) is 0 Å². The summed E-state index contributed by atoms with van der Waals surface area (Å²) in [6.45, 7) is 0. The maximum atomic E-state index is 13.3. The monoisotopic (exact) mass is 313 g/mol. The maximum Gasteiger partial charge on any atom is 0.141 e. The van der Waals surface area contributed by atoms with E-state index < -0.39 is 5.82 Å². The largest absolute Gasteiger partial charge is 0.496 e. The van der Waals surface area contributed by atoms with Crippen molar-refractivity contribution in [3.63, 3.8) is 0 Å². The summed E-state index contributed by atoms with van der Waals surface area (Å²) in [6, 6.07) is 9.81. The highest BCUT2D eigenvalue weighted by Crippen LogP contribution is 2.33. The van der Waals surface area contributed by atoms with E-state index in [1.54, 1.807) is 31.4 Å². The lowest BCUT2D eigenvalue weighted by Gasteiger charge is -2.20. The van der Waals surface area contributed by atoms with Gasteiger partial charge in [-0.05, 0) is 42.9 Å². The molecule has 0 fully saturated rings. The van der Waals surface area contributed by atoms with E-state index in [1.807, 2.05) is 13.1 Å². The Kier molecular flexibility index (Phi) is 4.86. The first-order chi connectivity index (χ1) is 9.56. The van der Waals surface area contributed by atoms with Crippen LogP contribution >= 0.6 is 23.2 Å². The molecule has 0 heterocycles. The molecule has 2 aromatic carbocycles. The summed E-state index contributed by atoms with van der Waals surface area (Å²) in [6.07, 6.45) is 0. The van der Waals surface area contributed by atoms with Crippen LogP contribution in [-0.4, -0.2) is 14.2 Å². The molecule has 0 spiro atoms. The summed E-state index contributed by atoms with van der Waals surface area (Å²) in [4.78, 5) is 0. The fourth-order valence-electron chi connectivity index (χ4n) is 2.12. The van der Waals surface area contributed by atoms with E-state index >= 15 is 0 Å². The van der Waals surface area contributed by atoms with Gasteiger partial charge in [0.15, 0.2) is 0 Å². The van der Waals surface area contributed by atoms with Crippen molar-refractivity contribution in [2.45, 2.75) is 6.04 Å². The van der Waals surface area contributed by atoms with Gasteiger partial charge in [-0.1, -0.05) is 29.3 Å². The van der Waals surface area contributed by atoms with Crippen LogP contribution in [0, 0.1) is 5.82 Å². The number of benzene rings is 2. The average Bonchev–Trinajstić information content (AvgIpc) is 2.44. The van der Waals surface area contributed by atoms with Crippen molar-refractivity contribution in [1.29, 1.82) is 0 Å². The van der Waals surface area contributed by atoms with Crippen LogP contribution in [0.15, 0.2) is 36.4 Å². The molecule has 0 bridgehead atoms. The highest BCUT2D eigenvalue weighted by molar-refractivity contribution is 6.31. The molecule has 5 heteroatoms. The number of rotatable bonds is 4. The Hall–Kier alpha value is -1.29. The van der Waals surface area contributed by atoms with Crippen LogP contribution in [0.25, 0.3) is 0 Å². The van der Waals surface area contributed by atoms with Crippen LogP contribution < -0.4 is 10.1 Å². The SMILES string of the molecule is CNC(c1ccc(F)c(Cl)c1)c1cc(Cl)ccc1OC. The fraction of sp³-hybridized carbons (Fsp3) is 0.200. The fourth-order valence-corrected chi connectivity index (χ4v) is 2.49. The molecule has 2 nitrogen and oxygen atoms in total. The smallest absolute Gasteiger partial charge is 0.141 e. The zero-order valence-corrected chi connectivity index (χ0v) is 12.6. The molecule has 0 radical (unpaired) electrons.